The highest BCUT2D eigenvalue weighted by molar-refractivity contribution is 6.13. The lowest BCUT2D eigenvalue weighted by molar-refractivity contribution is 0.0439. The molecule has 0 saturated carbocycles. The Balaban J connectivity index is 4.12. The van der Waals surface area contributed by atoms with Crippen LogP contribution < -0.4 is 0 Å². The summed E-state index contributed by atoms with van der Waals surface area (Å²) in [5, 5.41) is 0. The monoisotopic (exact) mass is 169 g/mol. The second kappa shape index (κ2) is 6.24. The molecule has 0 aromatic heterocycles. The Morgan fingerprint density at radius 3 is 2.25 bits per heavy atom. The van der Waals surface area contributed by atoms with Crippen LogP contribution in [0.1, 0.15) is 40.5 Å². The number of hydrogen-bond donors (Lipinski definition) is 0. The molecule has 70 valence electrons. The van der Waals surface area contributed by atoms with Gasteiger partial charge in [-0.05, 0) is 26.7 Å². The highest BCUT2D eigenvalue weighted by Crippen LogP contribution is 2.07. The maximum absolute atomic E-state index is 5.71. The van der Waals surface area contributed by atoms with E-state index < -0.39 is 0 Å². The molecule has 0 aromatic rings. The predicted octanol–water partition coefficient (Wildman–Crippen LogP) is 1.59. The van der Waals surface area contributed by atoms with Gasteiger partial charge in [-0.2, -0.15) is 0 Å². The third-order valence-electron chi connectivity index (χ3n) is 1.83. The van der Waals surface area contributed by atoms with Gasteiger partial charge in [0.25, 0.3) is 0 Å². The van der Waals surface area contributed by atoms with Crippen molar-refractivity contribution in [3.05, 3.63) is 0 Å². The summed E-state index contributed by atoms with van der Waals surface area (Å²) in [6, 6.07) is 0. The molecular weight excluding hydrogens is 149 g/mol. The first-order chi connectivity index (χ1) is 5.65. The van der Waals surface area contributed by atoms with E-state index in [1.807, 2.05) is 7.98 Å². The molecule has 0 radical (unpaired) electrons. The summed E-state index contributed by atoms with van der Waals surface area (Å²) in [7, 11) is 1.84. The van der Waals surface area contributed by atoms with Crippen LogP contribution in [0.25, 0.3) is 0 Å². The normalized spacial score (nSPS) is 15.2. The zero-order valence-corrected chi connectivity index (χ0v) is 8.92. The minimum Gasteiger partial charge on any atom is -0.370 e. The van der Waals surface area contributed by atoms with Crippen LogP contribution in [0.3, 0.4) is 0 Å². The SMILES string of the molecule is B/N=C(\CC)C(CC)OC(C)C. The quantitative estimate of drug-likeness (QED) is 0.452. The van der Waals surface area contributed by atoms with Gasteiger partial charge in [-0.25, -0.2) is 0 Å². The largest absolute Gasteiger partial charge is 0.370 e. The number of rotatable bonds is 5. The molecule has 0 saturated heterocycles. The Morgan fingerprint density at radius 2 is 2.00 bits per heavy atom. The molecular formula is C9H20BNO. The molecule has 0 fully saturated rings. The number of nitrogens with zero attached hydrogens (tertiary/aromatic N) is 1. The summed E-state index contributed by atoms with van der Waals surface area (Å²) in [6.45, 7) is 8.37. The Hall–Kier alpha value is -0.305. The van der Waals surface area contributed by atoms with Gasteiger partial charge in [-0.3, -0.25) is 0 Å². The van der Waals surface area contributed by atoms with Gasteiger partial charge < -0.3 is 9.64 Å². The molecule has 3 heteroatoms. The van der Waals surface area contributed by atoms with Gasteiger partial charge in [0.2, 0.25) is 7.98 Å². The number of hydrogen-bond acceptors (Lipinski definition) is 2. The van der Waals surface area contributed by atoms with E-state index in [0.29, 0.717) is 6.10 Å². The number of ether oxygens (including phenoxy) is 1. The summed E-state index contributed by atoms with van der Waals surface area (Å²) in [5.41, 5.74) is 1.17. The fourth-order valence-electron chi connectivity index (χ4n) is 1.27. The van der Waals surface area contributed by atoms with E-state index in [4.69, 9.17) is 4.74 Å². The molecule has 0 heterocycles. The molecule has 0 rings (SSSR count). The molecule has 1 unspecified atom stereocenters. The molecule has 0 amide bonds. The third-order valence-corrected chi connectivity index (χ3v) is 1.83. The molecule has 0 aliphatic heterocycles. The van der Waals surface area contributed by atoms with E-state index in [0.717, 1.165) is 12.8 Å². The van der Waals surface area contributed by atoms with Crippen molar-refractivity contribution in [2.75, 3.05) is 0 Å². The fourth-order valence-corrected chi connectivity index (χ4v) is 1.27. The lowest BCUT2D eigenvalue weighted by Crippen LogP contribution is -2.26. The Kier molecular flexibility index (Phi) is 6.08. The third kappa shape index (κ3) is 3.91. The molecule has 12 heavy (non-hydrogen) atoms. The standard InChI is InChI=1S/C9H20BNO/c1-5-8(11-10)9(6-2)12-7(3)4/h7,9H,5-6,10H2,1-4H3/b11-8+. The van der Waals surface area contributed by atoms with Crippen molar-refractivity contribution in [1.29, 1.82) is 0 Å². The van der Waals surface area contributed by atoms with Crippen molar-refractivity contribution in [2.45, 2.75) is 52.7 Å². The fraction of sp³-hybridized carbons (Fsp3) is 0.889. The maximum Gasteiger partial charge on any atom is 0.244 e. The highest BCUT2D eigenvalue weighted by Gasteiger charge is 2.12. The summed E-state index contributed by atoms with van der Waals surface area (Å²) in [4.78, 5) is 4.22. The van der Waals surface area contributed by atoms with Crippen molar-refractivity contribution < 1.29 is 4.74 Å². The first kappa shape index (κ1) is 11.7. The van der Waals surface area contributed by atoms with Gasteiger partial charge in [0, 0.05) is 5.71 Å². The minimum absolute atomic E-state index is 0.222. The van der Waals surface area contributed by atoms with E-state index >= 15 is 0 Å². The van der Waals surface area contributed by atoms with E-state index in [-0.39, 0.29) is 6.10 Å². The van der Waals surface area contributed by atoms with Crippen LogP contribution in [0.15, 0.2) is 4.90 Å². The molecule has 0 aliphatic rings. The first-order valence-corrected chi connectivity index (χ1v) is 4.76. The minimum atomic E-state index is 0.222. The Labute approximate surface area is 76.8 Å². The molecule has 0 aliphatic carbocycles. The summed E-state index contributed by atoms with van der Waals surface area (Å²) >= 11 is 0. The van der Waals surface area contributed by atoms with Crippen LogP contribution >= 0.6 is 0 Å². The zero-order valence-electron chi connectivity index (χ0n) is 8.92. The smallest absolute Gasteiger partial charge is 0.244 e. The van der Waals surface area contributed by atoms with Gasteiger partial charge in [0.05, 0.1) is 12.2 Å². The van der Waals surface area contributed by atoms with Crippen molar-refractivity contribution in [1.82, 2.24) is 0 Å². The average Bonchev–Trinajstić information content (AvgIpc) is 2.04. The van der Waals surface area contributed by atoms with E-state index in [1.165, 1.54) is 5.71 Å². The van der Waals surface area contributed by atoms with Crippen LogP contribution in [0, 0.1) is 0 Å². The highest BCUT2D eigenvalue weighted by atomic mass is 16.5. The summed E-state index contributed by atoms with van der Waals surface area (Å²) in [6.07, 6.45) is 2.51. The Morgan fingerprint density at radius 1 is 1.42 bits per heavy atom. The maximum atomic E-state index is 5.71. The average molecular weight is 169 g/mol. The molecule has 1 atom stereocenters. The van der Waals surface area contributed by atoms with Crippen LogP contribution in [-0.4, -0.2) is 25.9 Å². The first-order valence-electron chi connectivity index (χ1n) is 4.76. The topological polar surface area (TPSA) is 21.6 Å². The van der Waals surface area contributed by atoms with Gasteiger partial charge in [0.1, 0.15) is 0 Å². The van der Waals surface area contributed by atoms with Crippen LogP contribution in [-0.2, 0) is 4.74 Å². The van der Waals surface area contributed by atoms with E-state index in [2.05, 4.69) is 32.6 Å². The molecule has 0 bridgehead atoms. The molecule has 0 spiro atoms. The Bertz CT molecular complexity index is 145. The zero-order chi connectivity index (χ0) is 9.56. The van der Waals surface area contributed by atoms with Crippen LogP contribution in [0.5, 0.6) is 0 Å². The lowest BCUT2D eigenvalue weighted by atomic mass is 10.1. The van der Waals surface area contributed by atoms with E-state index in [9.17, 15) is 0 Å². The van der Waals surface area contributed by atoms with E-state index in [1.54, 1.807) is 0 Å². The van der Waals surface area contributed by atoms with Crippen molar-refractivity contribution >= 4 is 13.7 Å². The van der Waals surface area contributed by atoms with Gasteiger partial charge in [-0.15, -0.1) is 0 Å². The van der Waals surface area contributed by atoms with Crippen molar-refractivity contribution in [2.24, 2.45) is 4.90 Å². The molecule has 2 nitrogen and oxygen atoms in total. The van der Waals surface area contributed by atoms with Gasteiger partial charge in [0.15, 0.2) is 0 Å². The van der Waals surface area contributed by atoms with Crippen molar-refractivity contribution in [3.8, 4) is 0 Å². The van der Waals surface area contributed by atoms with Crippen LogP contribution in [0.4, 0.5) is 0 Å². The van der Waals surface area contributed by atoms with Gasteiger partial charge in [-0.1, -0.05) is 13.8 Å². The second-order valence-corrected chi connectivity index (χ2v) is 3.15. The van der Waals surface area contributed by atoms with Gasteiger partial charge >= 0.3 is 0 Å². The molecule has 0 N–H and O–H groups in total. The predicted molar refractivity (Wildman–Crippen MR) is 56.6 cm³/mol. The van der Waals surface area contributed by atoms with Crippen molar-refractivity contribution in [3.63, 3.8) is 0 Å². The lowest BCUT2D eigenvalue weighted by Gasteiger charge is -2.20. The molecule has 0 aromatic carbocycles. The summed E-state index contributed by atoms with van der Waals surface area (Å²) < 4.78 is 5.71. The summed E-state index contributed by atoms with van der Waals surface area (Å²) in [5.74, 6) is 0. The second-order valence-electron chi connectivity index (χ2n) is 3.15. The van der Waals surface area contributed by atoms with Crippen LogP contribution in [0.2, 0.25) is 0 Å².